The molecule has 0 aromatic carbocycles. The average Bonchev–Trinajstić information content (AvgIpc) is 1.15. The zero-order valence-corrected chi connectivity index (χ0v) is 65.7. The van der Waals surface area contributed by atoms with E-state index in [1.807, 2.05) is 0 Å². The van der Waals surface area contributed by atoms with Gasteiger partial charge >= 0.3 is 39.5 Å². The third-order valence-electron chi connectivity index (χ3n) is 18.5. The van der Waals surface area contributed by atoms with Gasteiger partial charge in [-0.2, -0.15) is 0 Å². The van der Waals surface area contributed by atoms with E-state index in [1.165, 1.54) is 238 Å². The summed E-state index contributed by atoms with van der Waals surface area (Å²) in [6, 6.07) is 0. The van der Waals surface area contributed by atoms with Gasteiger partial charge in [0.2, 0.25) is 0 Å². The molecule has 98 heavy (non-hydrogen) atoms. The van der Waals surface area contributed by atoms with E-state index in [2.05, 4.69) is 34.6 Å². The van der Waals surface area contributed by atoms with Crippen molar-refractivity contribution in [3.63, 3.8) is 0 Å². The molecule has 17 nitrogen and oxygen atoms in total. The number of esters is 4. The van der Waals surface area contributed by atoms with Crippen molar-refractivity contribution in [1.82, 2.24) is 0 Å². The minimum absolute atomic E-state index is 0.108. The highest BCUT2D eigenvalue weighted by molar-refractivity contribution is 7.47. The molecular formula is C79H154O17P2. The second kappa shape index (κ2) is 72.0. The zero-order chi connectivity index (χ0) is 71.9. The fourth-order valence-electron chi connectivity index (χ4n) is 12.2. The summed E-state index contributed by atoms with van der Waals surface area (Å²) in [5.41, 5.74) is 0. The van der Waals surface area contributed by atoms with E-state index in [0.29, 0.717) is 25.7 Å². The van der Waals surface area contributed by atoms with Crippen molar-refractivity contribution in [3.05, 3.63) is 0 Å². The Kier molecular flexibility index (Phi) is 70.6. The van der Waals surface area contributed by atoms with E-state index in [0.717, 1.165) is 102 Å². The van der Waals surface area contributed by atoms with Gasteiger partial charge in [-0.3, -0.25) is 37.3 Å². The Morgan fingerprint density at radius 2 is 0.469 bits per heavy atom. The molecule has 0 aromatic rings. The van der Waals surface area contributed by atoms with Crippen LogP contribution in [0.2, 0.25) is 0 Å². The van der Waals surface area contributed by atoms with Crippen molar-refractivity contribution in [2.24, 2.45) is 5.92 Å². The van der Waals surface area contributed by atoms with E-state index in [-0.39, 0.29) is 25.7 Å². The zero-order valence-electron chi connectivity index (χ0n) is 63.9. The van der Waals surface area contributed by atoms with Crippen molar-refractivity contribution in [2.45, 2.75) is 438 Å². The van der Waals surface area contributed by atoms with Gasteiger partial charge in [-0.1, -0.05) is 369 Å². The van der Waals surface area contributed by atoms with Crippen LogP contribution < -0.4 is 0 Å². The molecule has 0 radical (unpaired) electrons. The number of carbonyl (C=O) groups is 4. The van der Waals surface area contributed by atoms with E-state index < -0.39 is 97.5 Å². The Balaban J connectivity index is 5.19. The fraction of sp³-hybridized carbons (Fsp3) is 0.949. The number of phosphoric ester groups is 2. The topological polar surface area (TPSA) is 237 Å². The molecule has 0 heterocycles. The maximum Gasteiger partial charge on any atom is 0.472 e. The largest absolute Gasteiger partial charge is 0.472 e. The molecule has 3 N–H and O–H groups in total. The monoisotopic (exact) mass is 1440 g/mol. The Bertz CT molecular complexity index is 1870. The number of ether oxygens (including phenoxy) is 4. The molecule has 0 aliphatic heterocycles. The summed E-state index contributed by atoms with van der Waals surface area (Å²) < 4.78 is 68.5. The van der Waals surface area contributed by atoms with Gasteiger partial charge in [0.05, 0.1) is 26.4 Å². The first-order valence-corrected chi connectivity index (χ1v) is 44.1. The minimum atomic E-state index is -4.96. The first-order chi connectivity index (χ1) is 47.5. The molecule has 2 unspecified atom stereocenters. The van der Waals surface area contributed by atoms with Gasteiger partial charge in [0.25, 0.3) is 0 Å². The Morgan fingerprint density at radius 3 is 0.694 bits per heavy atom. The molecule has 19 heteroatoms. The summed E-state index contributed by atoms with van der Waals surface area (Å²) in [4.78, 5) is 72.8. The van der Waals surface area contributed by atoms with Crippen LogP contribution in [-0.2, 0) is 65.4 Å². The molecule has 0 fully saturated rings. The Hall–Kier alpha value is -1.94. The van der Waals surface area contributed by atoms with Crippen LogP contribution >= 0.6 is 15.6 Å². The van der Waals surface area contributed by atoms with Crippen LogP contribution in [0.25, 0.3) is 0 Å². The normalized spacial score (nSPS) is 13.9. The number of hydrogen-bond donors (Lipinski definition) is 3. The highest BCUT2D eigenvalue weighted by atomic mass is 31.2. The quantitative estimate of drug-likeness (QED) is 0.0222. The SMILES string of the molecule is CCCCCCCCCCCCCCCCCCCCCCC(=O)O[C@H](COC(=O)CCCCCCCCCCCCCCCCCC(C)C)COP(=O)(O)OC[C@@H](O)COP(=O)(O)OC[C@@H](COC(=O)CCCCCCCCCC)OC(=O)CCCCCCCCCCCCCC. The van der Waals surface area contributed by atoms with E-state index in [4.69, 9.17) is 37.0 Å². The molecule has 582 valence electrons. The lowest BCUT2D eigenvalue weighted by atomic mass is 10.0. The van der Waals surface area contributed by atoms with Crippen LogP contribution in [0.4, 0.5) is 0 Å². The predicted octanol–water partition coefficient (Wildman–Crippen LogP) is 23.6. The van der Waals surface area contributed by atoms with Crippen LogP contribution in [-0.4, -0.2) is 96.7 Å². The number of carbonyl (C=O) groups excluding carboxylic acids is 4. The van der Waals surface area contributed by atoms with Crippen molar-refractivity contribution in [2.75, 3.05) is 39.6 Å². The second-order valence-electron chi connectivity index (χ2n) is 28.9. The van der Waals surface area contributed by atoms with E-state index in [9.17, 15) is 43.2 Å². The van der Waals surface area contributed by atoms with Crippen LogP contribution in [0, 0.1) is 5.92 Å². The predicted molar refractivity (Wildman–Crippen MR) is 400 cm³/mol. The van der Waals surface area contributed by atoms with Crippen LogP contribution in [0.15, 0.2) is 0 Å². The second-order valence-corrected chi connectivity index (χ2v) is 31.8. The summed E-state index contributed by atoms with van der Waals surface area (Å²) in [5.74, 6) is -1.31. The highest BCUT2D eigenvalue weighted by Crippen LogP contribution is 2.45. The van der Waals surface area contributed by atoms with Gasteiger partial charge in [-0.25, -0.2) is 9.13 Å². The van der Waals surface area contributed by atoms with Crippen molar-refractivity contribution in [3.8, 4) is 0 Å². The van der Waals surface area contributed by atoms with Gasteiger partial charge in [0.1, 0.15) is 19.3 Å². The molecule has 0 saturated carbocycles. The van der Waals surface area contributed by atoms with E-state index in [1.54, 1.807) is 0 Å². The smallest absolute Gasteiger partial charge is 0.462 e. The van der Waals surface area contributed by atoms with E-state index >= 15 is 0 Å². The first kappa shape index (κ1) is 96.1. The van der Waals surface area contributed by atoms with Crippen molar-refractivity contribution in [1.29, 1.82) is 0 Å². The highest BCUT2D eigenvalue weighted by Gasteiger charge is 2.30. The number of hydrogen-bond acceptors (Lipinski definition) is 15. The Labute approximate surface area is 600 Å². The summed E-state index contributed by atoms with van der Waals surface area (Å²) >= 11 is 0. The summed E-state index contributed by atoms with van der Waals surface area (Å²) in [7, 11) is -9.91. The summed E-state index contributed by atoms with van der Waals surface area (Å²) in [5, 5.41) is 10.6. The molecule has 5 atom stereocenters. The van der Waals surface area contributed by atoms with Gasteiger partial charge in [0.15, 0.2) is 12.2 Å². The van der Waals surface area contributed by atoms with Crippen molar-refractivity contribution >= 4 is 39.5 Å². The maximum absolute atomic E-state index is 13.1. The lowest BCUT2D eigenvalue weighted by Crippen LogP contribution is -2.30. The molecule has 0 bridgehead atoms. The lowest BCUT2D eigenvalue weighted by molar-refractivity contribution is -0.161. The lowest BCUT2D eigenvalue weighted by Gasteiger charge is -2.21. The van der Waals surface area contributed by atoms with Crippen LogP contribution in [0.3, 0.4) is 0 Å². The number of unbranched alkanes of at least 4 members (excludes halogenated alkanes) is 51. The number of rotatable bonds is 79. The minimum Gasteiger partial charge on any atom is -0.462 e. The maximum atomic E-state index is 13.1. The van der Waals surface area contributed by atoms with Crippen LogP contribution in [0.5, 0.6) is 0 Å². The molecular weight excluding hydrogens is 1280 g/mol. The van der Waals surface area contributed by atoms with Gasteiger partial charge in [0, 0.05) is 25.7 Å². The molecule has 0 spiro atoms. The molecule has 0 amide bonds. The third kappa shape index (κ3) is 72.4. The average molecular weight is 1440 g/mol. The first-order valence-electron chi connectivity index (χ1n) is 41.1. The standard InChI is InChI=1S/C79H154O17P2/c1-6-9-12-15-18-21-23-25-26-27-28-29-30-33-37-41-45-50-55-60-65-79(84)96-75(69-90-77(82)63-58-53-48-43-40-36-34-31-32-35-38-42-46-51-56-61-72(4)5)71-94-98(87,88)92-67-73(80)66-91-97(85,86)93-70-74(68-89-76(81)62-57-52-47-20-17-14-11-8-3)95-78(83)64-59-54-49-44-39-24-22-19-16-13-10-7-2/h72-75,80H,6-71H2,1-5H3,(H,85,86)(H,87,88)/t73-,74+,75+/m0/s1. The van der Waals surface area contributed by atoms with Crippen molar-refractivity contribution < 1.29 is 80.2 Å². The summed E-state index contributed by atoms with van der Waals surface area (Å²) in [6.07, 6.45) is 62.5. The summed E-state index contributed by atoms with van der Waals surface area (Å²) in [6.45, 7) is 7.31. The Morgan fingerprint density at radius 1 is 0.276 bits per heavy atom. The van der Waals surface area contributed by atoms with Gasteiger partial charge in [-0.15, -0.1) is 0 Å². The number of phosphoric acid groups is 2. The fourth-order valence-corrected chi connectivity index (χ4v) is 13.8. The van der Waals surface area contributed by atoms with Gasteiger partial charge < -0.3 is 33.8 Å². The van der Waals surface area contributed by atoms with Crippen LogP contribution in [0.1, 0.15) is 420 Å². The van der Waals surface area contributed by atoms with Gasteiger partial charge in [-0.05, 0) is 31.6 Å². The number of aliphatic hydroxyl groups excluding tert-OH is 1. The third-order valence-corrected chi connectivity index (χ3v) is 20.4. The molecule has 0 aliphatic carbocycles. The molecule has 0 saturated heterocycles. The number of aliphatic hydroxyl groups is 1. The molecule has 0 aliphatic rings. The molecule has 0 rings (SSSR count). The molecule has 0 aromatic heterocycles.